The summed E-state index contributed by atoms with van der Waals surface area (Å²) in [6.45, 7) is 7.53. The topological polar surface area (TPSA) is 23.5 Å². The smallest absolute Gasteiger partial charge is 0.0526 e. The standard InChI is InChI=1S/C9H19NO/c1-7-4-5-10(7)8(2)6-9(3)11/h7-9,11H,4-6H2,1-3H3. The zero-order valence-corrected chi connectivity index (χ0v) is 7.75. The third-order valence-electron chi connectivity index (χ3n) is 2.62. The average Bonchev–Trinajstić information content (AvgIpc) is 1.82. The Morgan fingerprint density at radius 3 is 2.45 bits per heavy atom. The van der Waals surface area contributed by atoms with E-state index in [2.05, 4.69) is 18.7 Å². The van der Waals surface area contributed by atoms with Gasteiger partial charge in [0.2, 0.25) is 0 Å². The van der Waals surface area contributed by atoms with Gasteiger partial charge in [-0.05, 0) is 33.6 Å². The molecule has 3 unspecified atom stereocenters. The normalized spacial score (nSPS) is 31.1. The molecule has 0 aromatic rings. The molecular formula is C9H19NO. The SMILES string of the molecule is CC(O)CC(C)N1CCC1C. The molecule has 2 nitrogen and oxygen atoms in total. The fourth-order valence-corrected chi connectivity index (χ4v) is 1.82. The predicted molar refractivity (Wildman–Crippen MR) is 46.5 cm³/mol. The monoisotopic (exact) mass is 157 g/mol. The third kappa shape index (κ3) is 2.17. The first-order valence-electron chi connectivity index (χ1n) is 4.55. The van der Waals surface area contributed by atoms with E-state index in [0.29, 0.717) is 6.04 Å². The largest absolute Gasteiger partial charge is 0.393 e. The molecule has 0 aromatic heterocycles. The van der Waals surface area contributed by atoms with Crippen molar-refractivity contribution in [3.05, 3.63) is 0 Å². The van der Waals surface area contributed by atoms with Crippen LogP contribution in [0.1, 0.15) is 33.6 Å². The number of aliphatic hydroxyl groups excluding tert-OH is 1. The summed E-state index contributed by atoms with van der Waals surface area (Å²) < 4.78 is 0. The summed E-state index contributed by atoms with van der Waals surface area (Å²) in [7, 11) is 0. The quantitative estimate of drug-likeness (QED) is 0.666. The van der Waals surface area contributed by atoms with E-state index in [-0.39, 0.29) is 6.10 Å². The molecule has 0 radical (unpaired) electrons. The van der Waals surface area contributed by atoms with E-state index in [9.17, 15) is 0 Å². The lowest BCUT2D eigenvalue weighted by Gasteiger charge is -2.43. The third-order valence-corrected chi connectivity index (χ3v) is 2.62. The van der Waals surface area contributed by atoms with Crippen molar-refractivity contribution in [2.75, 3.05) is 6.54 Å². The molecule has 2 heteroatoms. The van der Waals surface area contributed by atoms with Gasteiger partial charge in [0.1, 0.15) is 0 Å². The second-order valence-corrected chi connectivity index (χ2v) is 3.81. The predicted octanol–water partition coefficient (Wildman–Crippen LogP) is 1.24. The van der Waals surface area contributed by atoms with E-state index >= 15 is 0 Å². The maximum absolute atomic E-state index is 9.15. The first-order chi connectivity index (χ1) is 5.11. The van der Waals surface area contributed by atoms with E-state index in [1.807, 2.05) is 6.92 Å². The van der Waals surface area contributed by atoms with Crippen molar-refractivity contribution in [1.82, 2.24) is 4.90 Å². The Bertz CT molecular complexity index is 125. The Morgan fingerprint density at radius 1 is 1.55 bits per heavy atom. The Balaban J connectivity index is 2.24. The first kappa shape index (κ1) is 9.01. The van der Waals surface area contributed by atoms with Crippen LogP contribution in [0.5, 0.6) is 0 Å². The molecule has 0 aromatic carbocycles. The minimum absolute atomic E-state index is 0.155. The molecule has 1 rings (SSSR count). The Kier molecular flexibility index (Phi) is 2.90. The number of hydrogen-bond donors (Lipinski definition) is 1. The summed E-state index contributed by atoms with van der Waals surface area (Å²) in [5, 5.41) is 9.15. The number of rotatable bonds is 3. The highest BCUT2D eigenvalue weighted by Crippen LogP contribution is 2.21. The summed E-state index contributed by atoms with van der Waals surface area (Å²) in [5.41, 5.74) is 0. The molecule has 0 aliphatic carbocycles. The van der Waals surface area contributed by atoms with Crippen LogP contribution in [0.3, 0.4) is 0 Å². The van der Waals surface area contributed by atoms with Crippen LogP contribution in [0.4, 0.5) is 0 Å². The molecule has 0 saturated carbocycles. The molecule has 1 N–H and O–H groups in total. The molecular weight excluding hydrogens is 138 g/mol. The van der Waals surface area contributed by atoms with Crippen LogP contribution in [-0.4, -0.2) is 34.7 Å². The minimum Gasteiger partial charge on any atom is -0.393 e. The molecule has 1 saturated heterocycles. The lowest BCUT2D eigenvalue weighted by atomic mass is 9.99. The summed E-state index contributed by atoms with van der Waals surface area (Å²) in [5.74, 6) is 0. The summed E-state index contributed by atoms with van der Waals surface area (Å²) in [6, 6.07) is 1.29. The van der Waals surface area contributed by atoms with E-state index in [1.54, 1.807) is 0 Å². The average molecular weight is 157 g/mol. The maximum atomic E-state index is 9.15. The molecule has 0 spiro atoms. The second-order valence-electron chi connectivity index (χ2n) is 3.81. The van der Waals surface area contributed by atoms with Crippen LogP contribution >= 0.6 is 0 Å². The molecule has 1 aliphatic heterocycles. The summed E-state index contributed by atoms with van der Waals surface area (Å²) >= 11 is 0. The van der Waals surface area contributed by atoms with Gasteiger partial charge in [-0.25, -0.2) is 0 Å². The zero-order chi connectivity index (χ0) is 8.43. The second kappa shape index (κ2) is 3.55. The maximum Gasteiger partial charge on any atom is 0.0526 e. The number of likely N-dealkylation sites (tertiary alicyclic amines) is 1. The van der Waals surface area contributed by atoms with Crippen LogP contribution in [0, 0.1) is 0 Å². The van der Waals surface area contributed by atoms with Gasteiger partial charge in [0.25, 0.3) is 0 Å². The summed E-state index contributed by atoms with van der Waals surface area (Å²) in [6.07, 6.45) is 2.08. The zero-order valence-electron chi connectivity index (χ0n) is 7.75. The van der Waals surface area contributed by atoms with Gasteiger partial charge in [0.05, 0.1) is 6.10 Å². The highest BCUT2D eigenvalue weighted by Gasteiger charge is 2.28. The number of aliphatic hydroxyl groups is 1. The van der Waals surface area contributed by atoms with Crippen LogP contribution in [0.2, 0.25) is 0 Å². The van der Waals surface area contributed by atoms with Crippen molar-refractivity contribution in [2.45, 2.75) is 51.8 Å². The fourth-order valence-electron chi connectivity index (χ4n) is 1.82. The molecule has 3 atom stereocenters. The van der Waals surface area contributed by atoms with Crippen molar-refractivity contribution >= 4 is 0 Å². The van der Waals surface area contributed by atoms with Gasteiger partial charge in [0, 0.05) is 18.6 Å². The van der Waals surface area contributed by atoms with Gasteiger partial charge in [0.15, 0.2) is 0 Å². The van der Waals surface area contributed by atoms with Crippen molar-refractivity contribution in [3.8, 4) is 0 Å². The van der Waals surface area contributed by atoms with Crippen molar-refractivity contribution in [1.29, 1.82) is 0 Å². The van der Waals surface area contributed by atoms with E-state index in [4.69, 9.17) is 5.11 Å². The molecule has 0 bridgehead atoms. The number of nitrogens with zero attached hydrogens (tertiary/aromatic N) is 1. The van der Waals surface area contributed by atoms with Gasteiger partial charge < -0.3 is 5.11 Å². The van der Waals surface area contributed by atoms with Crippen molar-refractivity contribution in [2.24, 2.45) is 0 Å². The Hall–Kier alpha value is -0.0800. The lowest BCUT2D eigenvalue weighted by Crippen LogP contribution is -2.51. The van der Waals surface area contributed by atoms with Gasteiger partial charge in [-0.3, -0.25) is 4.90 Å². The van der Waals surface area contributed by atoms with Gasteiger partial charge >= 0.3 is 0 Å². The van der Waals surface area contributed by atoms with E-state index in [0.717, 1.165) is 12.5 Å². The van der Waals surface area contributed by atoms with Crippen LogP contribution in [0.15, 0.2) is 0 Å². The first-order valence-corrected chi connectivity index (χ1v) is 4.55. The number of hydrogen-bond acceptors (Lipinski definition) is 2. The van der Waals surface area contributed by atoms with Gasteiger partial charge in [-0.2, -0.15) is 0 Å². The van der Waals surface area contributed by atoms with Gasteiger partial charge in [-0.15, -0.1) is 0 Å². The van der Waals surface area contributed by atoms with E-state index < -0.39 is 0 Å². The lowest BCUT2D eigenvalue weighted by molar-refractivity contribution is 0.0343. The molecule has 66 valence electrons. The van der Waals surface area contributed by atoms with Gasteiger partial charge in [-0.1, -0.05) is 0 Å². The Morgan fingerprint density at radius 2 is 2.18 bits per heavy atom. The Labute approximate surface area is 69.2 Å². The molecule has 0 amide bonds. The van der Waals surface area contributed by atoms with E-state index in [1.165, 1.54) is 13.0 Å². The molecule has 1 fully saturated rings. The molecule has 11 heavy (non-hydrogen) atoms. The van der Waals surface area contributed by atoms with Crippen LogP contribution < -0.4 is 0 Å². The van der Waals surface area contributed by atoms with Crippen molar-refractivity contribution in [3.63, 3.8) is 0 Å². The van der Waals surface area contributed by atoms with Crippen LogP contribution in [-0.2, 0) is 0 Å². The molecule has 1 heterocycles. The van der Waals surface area contributed by atoms with Crippen LogP contribution in [0.25, 0.3) is 0 Å². The fraction of sp³-hybridized carbons (Fsp3) is 1.00. The minimum atomic E-state index is -0.155. The summed E-state index contributed by atoms with van der Waals surface area (Å²) in [4.78, 5) is 2.45. The highest BCUT2D eigenvalue weighted by molar-refractivity contribution is 4.83. The highest BCUT2D eigenvalue weighted by atomic mass is 16.3. The molecule has 1 aliphatic rings. The van der Waals surface area contributed by atoms with Crippen molar-refractivity contribution < 1.29 is 5.11 Å².